The summed E-state index contributed by atoms with van der Waals surface area (Å²) in [7, 11) is -0.611. The lowest BCUT2D eigenvalue weighted by atomic mass is 9.81. The fraction of sp³-hybridized carbons (Fsp3) is 0.731. The molecule has 0 spiro atoms. The predicted octanol–water partition coefficient (Wildman–Crippen LogP) is 2.94. The van der Waals surface area contributed by atoms with Gasteiger partial charge < -0.3 is 30.4 Å². The van der Waals surface area contributed by atoms with E-state index in [0.717, 1.165) is 43.1 Å². The monoisotopic (exact) mass is 490 g/mol. The van der Waals surface area contributed by atoms with E-state index in [-0.39, 0.29) is 23.2 Å². The summed E-state index contributed by atoms with van der Waals surface area (Å²) in [5.41, 5.74) is 1.75. The van der Waals surface area contributed by atoms with Gasteiger partial charge in [0.15, 0.2) is 16.4 Å². The number of anilines is 1. The van der Waals surface area contributed by atoms with Crippen LogP contribution in [0.25, 0.3) is 0 Å². The molecule has 2 saturated heterocycles. The van der Waals surface area contributed by atoms with E-state index >= 15 is 0 Å². The normalized spacial score (nSPS) is 23.5. The molecular weight excluding hydrogens is 444 g/mol. The molecule has 8 heteroatoms. The number of carbonyl (C=O) groups excluding carboxylic acids is 1. The number of ether oxygens (including phenoxy) is 1. The van der Waals surface area contributed by atoms with E-state index in [2.05, 4.69) is 62.0 Å². The minimum atomic E-state index is -0.611. The van der Waals surface area contributed by atoms with Gasteiger partial charge >= 0.3 is 0 Å². The first-order chi connectivity index (χ1) is 16.1. The summed E-state index contributed by atoms with van der Waals surface area (Å²) < 4.78 is 11.9. The maximum absolute atomic E-state index is 11.6. The smallest absolute Gasteiger partial charge is 0.262 e. The summed E-state index contributed by atoms with van der Waals surface area (Å²) in [4.78, 5) is 11.6. The van der Waals surface area contributed by atoms with Crippen LogP contribution < -0.4 is 26.0 Å². The van der Waals surface area contributed by atoms with E-state index in [1.54, 1.807) is 0 Å². The number of piperidine rings is 2. The Hall–Kier alpha value is -1.45. The van der Waals surface area contributed by atoms with Crippen molar-refractivity contribution in [3.8, 4) is 5.75 Å². The first-order valence-corrected chi connectivity index (χ1v) is 14.3. The van der Waals surface area contributed by atoms with Gasteiger partial charge in [-0.05, 0) is 75.5 Å². The number of hydrogen-bond donors (Lipinski definition) is 4. The molecule has 1 amide bonds. The summed E-state index contributed by atoms with van der Waals surface area (Å²) in [6.07, 6.45) is 5.30. The summed E-state index contributed by atoms with van der Waals surface area (Å²) in [5.74, 6) is 1.06. The predicted molar refractivity (Wildman–Crippen MR) is 142 cm³/mol. The van der Waals surface area contributed by atoms with Crippen LogP contribution in [0.3, 0.4) is 0 Å². The van der Waals surface area contributed by atoms with Crippen LogP contribution in [0.2, 0.25) is 5.04 Å². The average Bonchev–Trinajstić information content (AvgIpc) is 2.82. The molecule has 2 unspecified atom stereocenters. The Morgan fingerprint density at radius 1 is 1.09 bits per heavy atom. The maximum Gasteiger partial charge on any atom is 0.262 e. The summed E-state index contributed by atoms with van der Waals surface area (Å²) in [6, 6.07) is 6.40. The lowest BCUT2D eigenvalue weighted by Crippen LogP contribution is -2.56. The molecule has 1 aromatic rings. The third-order valence-corrected chi connectivity index (χ3v) is 8.46. The Labute approximate surface area is 208 Å². The highest BCUT2D eigenvalue weighted by Crippen LogP contribution is 2.32. The largest absolute Gasteiger partial charge is 0.482 e. The van der Waals surface area contributed by atoms with Crippen LogP contribution >= 0.6 is 0 Å². The van der Waals surface area contributed by atoms with Crippen LogP contribution in [0.1, 0.15) is 65.9 Å². The van der Waals surface area contributed by atoms with Crippen molar-refractivity contribution in [3.05, 3.63) is 23.8 Å². The zero-order chi connectivity index (χ0) is 24.6. The highest BCUT2D eigenvalue weighted by molar-refractivity contribution is 6.31. The van der Waals surface area contributed by atoms with E-state index in [1.165, 1.54) is 32.4 Å². The molecule has 3 aliphatic rings. The lowest BCUT2D eigenvalue weighted by Gasteiger charge is -2.44. The minimum Gasteiger partial charge on any atom is -0.482 e. The molecule has 7 nitrogen and oxygen atoms in total. The van der Waals surface area contributed by atoms with E-state index in [9.17, 15) is 4.79 Å². The third kappa shape index (κ3) is 8.64. The number of carbonyl (C=O) groups is 1. The highest BCUT2D eigenvalue weighted by Gasteiger charge is 2.38. The fourth-order valence-electron chi connectivity index (χ4n) is 4.63. The highest BCUT2D eigenvalue weighted by atomic mass is 28.2. The minimum absolute atomic E-state index is 0.0916. The van der Waals surface area contributed by atoms with Gasteiger partial charge in [-0.15, -0.1) is 0 Å². The number of hydrogen-bond acceptors (Lipinski definition) is 6. The molecule has 1 aromatic carbocycles. The van der Waals surface area contributed by atoms with Crippen molar-refractivity contribution in [1.29, 1.82) is 0 Å². The van der Waals surface area contributed by atoms with E-state index in [0.29, 0.717) is 12.0 Å². The molecule has 3 heterocycles. The van der Waals surface area contributed by atoms with Gasteiger partial charge in [-0.25, -0.2) is 0 Å². The second kappa shape index (κ2) is 12.5. The molecule has 0 aromatic heterocycles. The molecular formula is C26H46N4O3Si. The van der Waals surface area contributed by atoms with E-state index < -0.39 is 9.76 Å². The van der Waals surface area contributed by atoms with Gasteiger partial charge in [0.25, 0.3) is 5.91 Å². The summed E-state index contributed by atoms with van der Waals surface area (Å²) in [5, 5.41) is 13.8. The van der Waals surface area contributed by atoms with Gasteiger partial charge in [-0.1, -0.05) is 33.3 Å². The van der Waals surface area contributed by atoms with Crippen molar-refractivity contribution in [2.24, 2.45) is 5.92 Å². The first kappa shape index (κ1) is 27.1. The number of rotatable bonds is 6. The van der Waals surface area contributed by atoms with Gasteiger partial charge in [-0.3, -0.25) is 4.79 Å². The van der Waals surface area contributed by atoms with E-state index in [4.69, 9.17) is 9.16 Å². The van der Waals surface area contributed by atoms with Crippen LogP contribution in [0.5, 0.6) is 5.75 Å². The molecule has 192 valence electrons. The van der Waals surface area contributed by atoms with Crippen LogP contribution in [0.4, 0.5) is 5.69 Å². The second-order valence-electron chi connectivity index (χ2n) is 11.5. The van der Waals surface area contributed by atoms with Gasteiger partial charge in [0.1, 0.15) is 5.75 Å². The van der Waals surface area contributed by atoms with Crippen LogP contribution in [0.15, 0.2) is 18.2 Å². The van der Waals surface area contributed by atoms with Crippen LogP contribution in [0, 0.1) is 5.92 Å². The zero-order valence-corrected chi connectivity index (χ0v) is 23.3. The molecule has 0 radical (unpaired) electrons. The first-order valence-electron chi connectivity index (χ1n) is 13.0. The number of amides is 1. The SMILES string of the molecule is C1CCNCC1.CC(C)(C)[SiH2]OC(C)(C)C1CNCCC1NCc1ccc2c(c1)NC(=O)CO2. The van der Waals surface area contributed by atoms with Crippen LogP contribution in [-0.4, -0.2) is 60.1 Å². The Bertz CT molecular complexity index is 781. The fourth-order valence-corrected chi connectivity index (χ4v) is 5.65. The molecule has 3 aliphatic heterocycles. The third-order valence-electron chi connectivity index (χ3n) is 6.70. The molecule has 4 N–H and O–H groups in total. The molecule has 34 heavy (non-hydrogen) atoms. The van der Waals surface area contributed by atoms with Crippen molar-refractivity contribution in [3.63, 3.8) is 0 Å². The van der Waals surface area contributed by atoms with Crippen molar-refractivity contribution in [2.75, 3.05) is 38.1 Å². The van der Waals surface area contributed by atoms with Crippen molar-refractivity contribution in [1.82, 2.24) is 16.0 Å². The number of benzene rings is 1. The molecule has 4 rings (SSSR count). The molecule has 0 aliphatic carbocycles. The Morgan fingerprint density at radius 3 is 2.50 bits per heavy atom. The number of nitrogens with one attached hydrogen (secondary N) is 4. The quantitative estimate of drug-likeness (QED) is 0.459. The van der Waals surface area contributed by atoms with Crippen molar-refractivity contribution < 1.29 is 14.0 Å². The van der Waals surface area contributed by atoms with Gasteiger partial charge in [-0.2, -0.15) is 0 Å². The van der Waals surface area contributed by atoms with Gasteiger partial charge in [0.05, 0.1) is 11.3 Å². The Balaban J connectivity index is 0.000000469. The zero-order valence-electron chi connectivity index (χ0n) is 21.9. The van der Waals surface area contributed by atoms with Gasteiger partial charge in [0, 0.05) is 25.0 Å². The molecule has 0 bridgehead atoms. The number of fused-ring (bicyclic) bond motifs is 1. The summed E-state index contributed by atoms with van der Waals surface area (Å²) in [6.45, 7) is 16.6. The van der Waals surface area contributed by atoms with E-state index in [1.807, 2.05) is 12.1 Å². The average molecular weight is 491 g/mol. The maximum atomic E-state index is 11.6. The molecule has 2 atom stereocenters. The van der Waals surface area contributed by atoms with Crippen molar-refractivity contribution >= 4 is 21.4 Å². The second-order valence-corrected chi connectivity index (χ2v) is 14.2. The lowest BCUT2D eigenvalue weighted by molar-refractivity contribution is -0.118. The molecule has 0 saturated carbocycles. The molecule has 2 fully saturated rings. The van der Waals surface area contributed by atoms with Gasteiger partial charge in [0.2, 0.25) is 0 Å². The Morgan fingerprint density at radius 2 is 1.85 bits per heavy atom. The van der Waals surface area contributed by atoms with Crippen LogP contribution in [-0.2, 0) is 15.8 Å². The van der Waals surface area contributed by atoms with Crippen molar-refractivity contribution in [2.45, 2.75) is 83.5 Å². The standard InChI is InChI=1S/C21H35N3O3Si.C5H11N/c1-20(2,3)28-27-21(4,5)15-12-22-9-8-16(15)23-11-14-6-7-18-17(10-14)24-19(25)13-26-18;1-2-4-6-5-3-1/h6-7,10,15-16,22-23H,8-9,11-13,28H2,1-5H3,(H,24,25);6H,1-5H2. The topological polar surface area (TPSA) is 83.7 Å². The Kier molecular flexibility index (Phi) is 9.97. The summed E-state index contributed by atoms with van der Waals surface area (Å²) >= 11 is 0.